The van der Waals surface area contributed by atoms with Crippen molar-refractivity contribution in [3.63, 3.8) is 0 Å². The van der Waals surface area contributed by atoms with Gasteiger partial charge in [0.2, 0.25) is 0 Å². The van der Waals surface area contributed by atoms with Gasteiger partial charge < -0.3 is 5.11 Å². The Bertz CT molecular complexity index is 523. The summed E-state index contributed by atoms with van der Waals surface area (Å²) in [4.78, 5) is 0. The van der Waals surface area contributed by atoms with Gasteiger partial charge in [0, 0.05) is 11.3 Å². The number of aliphatic hydroxyl groups excluding tert-OH is 1. The first-order valence-electron chi connectivity index (χ1n) is 4.73. The molecule has 0 amide bonds. The van der Waals surface area contributed by atoms with Crippen LogP contribution in [0.4, 0.5) is 0 Å². The molecule has 1 N–H and O–H groups in total. The molecule has 0 aliphatic carbocycles. The fraction of sp³-hybridized carbons (Fsp3) is 0.182. The second kappa shape index (κ2) is 4.45. The highest BCUT2D eigenvalue weighted by Crippen LogP contribution is 2.25. The van der Waals surface area contributed by atoms with E-state index in [9.17, 15) is 0 Å². The number of hydrogen-bond acceptors (Lipinski definition) is 2. The van der Waals surface area contributed by atoms with E-state index in [4.69, 9.17) is 28.3 Å². The number of halogens is 2. The largest absolute Gasteiger partial charge is 0.392 e. The van der Waals surface area contributed by atoms with Crippen molar-refractivity contribution in [3.05, 3.63) is 45.7 Å². The van der Waals surface area contributed by atoms with Crippen molar-refractivity contribution >= 4 is 23.2 Å². The summed E-state index contributed by atoms with van der Waals surface area (Å²) in [5.41, 5.74) is 2.51. The lowest BCUT2D eigenvalue weighted by Gasteiger charge is -2.06. The maximum absolute atomic E-state index is 9.08. The number of nitrogens with zero attached hydrogens (tertiary/aromatic N) is 2. The average Bonchev–Trinajstić information content (AvgIpc) is 2.64. The molecule has 0 spiro atoms. The summed E-state index contributed by atoms with van der Waals surface area (Å²) < 4.78 is 1.72. The monoisotopic (exact) mass is 256 g/mol. The molecule has 1 aromatic carbocycles. The number of aromatic nitrogens is 2. The molecule has 3 nitrogen and oxygen atoms in total. The summed E-state index contributed by atoms with van der Waals surface area (Å²) in [6, 6.07) is 5.29. The molecule has 0 aliphatic rings. The first kappa shape index (κ1) is 11.5. The van der Waals surface area contributed by atoms with Crippen molar-refractivity contribution < 1.29 is 5.11 Å². The van der Waals surface area contributed by atoms with Crippen molar-refractivity contribution in [3.8, 4) is 5.69 Å². The summed E-state index contributed by atoms with van der Waals surface area (Å²) in [6.07, 6.45) is 1.64. The van der Waals surface area contributed by atoms with Crippen LogP contribution in [0, 0.1) is 6.92 Å². The standard InChI is InChI=1S/C11H10Cl2N2O/c1-7-8(6-16)5-14-15(7)9-2-3-10(12)11(13)4-9/h2-5,16H,6H2,1H3. The third-order valence-corrected chi connectivity index (χ3v) is 3.17. The van der Waals surface area contributed by atoms with E-state index < -0.39 is 0 Å². The molecule has 0 radical (unpaired) electrons. The van der Waals surface area contributed by atoms with Gasteiger partial charge in [-0.2, -0.15) is 5.10 Å². The minimum Gasteiger partial charge on any atom is -0.392 e. The zero-order valence-electron chi connectivity index (χ0n) is 8.61. The Morgan fingerprint density at radius 3 is 2.62 bits per heavy atom. The smallest absolute Gasteiger partial charge is 0.0715 e. The summed E-state index contributed by atoms with van der Waals surface area (Å²) in [7, 11) is 0. The molecule has 2 rings (SSSR count). The molecule has 16 heavy (non-hydrogen) atoms. The molecule has 2 aromatic rings. The SMILES string of the molecule is Cc1c(CO)cnn1-c1ccc(Cl)c(Cl)c1. The molecule has 5 heteroatoms. The Hall–Kier alpha value is -1.03. The Kier molecular flexibility index (Phi) is 3.19. The maximum atomic E-state index is 9.08. The molecule has 0 unspecified atom stereocenters. The van der Waals surface area contributed by atoms with E-state index in [0.29, 0.717) is 10.0 Å². The predicted octanol–water partition coefficient (Wildman–Crippen LogP) is 2.98. The zero-order chi connectivity index (χ0) is 11.7. The highest BCUT2D eigenvalue weighted by molar-refractivity contribution is 6.42. The summed E-state index contributed by atoms with van der Waals surface area (Å²) in [6.45, 7) is 1.87. The fourth-order valence-electron chi connectivity index (χ4n) is 1.48. The van der Waals surface area contributed by atoms with Crippen LogP contribution in [0.3, 0.4) is 0 Å². The number of hydrogen-bond donors (Lipinski definition) is 1. The van der Waals surface area contributed by atoms with Gasteiger partial charge in [0.05, 0.1) is 28.5 Å². The van der Waals surface area contributed by atoms with Crippen molar-refractivity contribution in [2.75, 3.05) is 0 Å². The van der Waals surface area contributed by atoms with E-state index in [0.717, 1.165) is 16.9 Å². The number of benzene rings is 1. The molecule has 0 atom stereocenters. The average molecular weight is 257 g/mol. The van der Waals surface area contributed by atoms with Gasteiger partial charge in [0.25, 0.3) is 0 Å². The van der Waals surface area contributed by atoms with Crippen LogP contribution in [-0.2, 0) is 6.61 Å². The van der Waals surface area contributed by atoms with Crippen molar-refractivity contribution in [2.24, 2.45) is 0 Å². The van der Waals surface area contributed by atoms with Crippen molar-refractivity contribution in [1.29, 1.82) is 0 Å². The van der Waals surface area contributed by atoms with Gasteiger partial charge in [-0.15, -0.1) is 0 Å². The minimum atomic E-state index is -0.0207. The fourth-order valence-corrected chi connectivity index (χ4v) is 1.77. The van der Waals surface area contributed by atoms with Crippen molar-refractivity contribution in [2.45, 2.75) is 13.5 Å². The maximum Gasteiger partial charge on any atom is 0.0715 e. The van der Waals surface area contributed by atoms with Crippen LogP contribution in [0.15, 0.2) is 24.4 Å². The molecule has 1 heterocycles. The lowest BCUT2D eigenvalue weighted by molar-refractivity contribution is 0.281. The topological polar surface area (TPSA) is 38.1 Å². The van der Waals surface area contributed by atoms with E-state index in [1.54, 1.807) is 23.0 Å². The molecule has 0 saturated heterocycles. The van der Waals surface area contributed by atoms with Gasteiger partial charge in [0.15, 0.2) is 0 Å². The molecule has 0 fully saturated rings. The molecule has 1 aromatic heterocycles. The summed E-state index contributed by atoms with van der Waals surface area (Å²) in [5.74, 6) is 0. The minimum absolute atomic E-state index is 0.0207. The van der Waals surface area contributed by atoms with Crippen LogP contribution in [0.1, 0.15) is 11.3 Å². The van der Waals surface area contributed by atoms with Crippen LogP contribution in [-0.4, -0.2) is 14.9 Å². The lowest BCUT2D eigenvalue weighted by atomic mass is 10.2. The predicted molar refractivity (Wildman–Crippen MR) is 64.2 cm³/mol. The summed E-state index contributed by atoms with van der Waals surface area (Å²) in [5, 5.41) is 14.3. The molecule has 0 bridgehead atoms. The van der Waals surface area contributed by atoms with Gasteiger partial charge in [-0.05, 0) is 25.1 Å². The second-order valence-corrected chi connectivity index (χ2v) is 4.24. The number of rotatable bonds is 2. The highest BCUT2D eigenvalue weighted by Gasteiger charge is 2.08. The number of aliphatic hydroxyl groups is 1. The Morgan fingerprint density at radius 1 is 1.31 bits per heavy atom. The molecular formula is C11H10Cl2N2O. The first-order valence-corrected chi connectivity index (χ1v) is 5.49. The van der Waals surface area contributed by atoms with Gasteiger partial charge in [0.1, 0.15) is 0 Å². The zero-order valence-corrected chi connectivity index (χ0v) is 10.1. The lowest BCUT2D eigenvalue weighted by Crippen LogP contribution is -1.99. The van der Waals surface area contributed by atoms with E-state index in [1.165, 1.54) is 0 Å². The second-order valence-electron chi connectivity index (χ2n) is 3.42. The quantitative estimate of drug-likeness (QED) is 0.898. The first-order chi connectivity index (χ1) is 7.63. The van der Waals surface area contributed by atoms with Crippen LogP contribution in [0.2, 0.25) is 10.0 Å². The highest BCUT2D eigenvalue weighted by atomic mass is 35.5. The third kappa shape index (κ3) is 1.94. The van der Waals surface area contributed by atoms with Gasteiger partial charge in [-0.3, -0.25) is 0 Å². The van der Waals surface area contributed by atoms with Gasteiger partial charge in [-0.25, -0.2) is 4.68 Å². The van der Waals surface area contributed by atoms with Crippen LogP contribution < -0.4 is 0 Å². The Morgan fingerprint density at radius 2 is 2.06 bits per heavy atom. The van der Waals surface area contributed by atoms with Crippen LogP contribution in [0.25, 0.3) is 5.69 Å². The molecular weight excluding hydrogens is 247 g/mol. The van der Waals surface area contributed by atoms with Crippen molar-refractivity contribution in [1.82, 2.24) is 9.78 Å². The Balaban J connectivity index is 2.50. The molecule has 0 aliphatic heterocycles. The summed E-state index contributed by atoms with van der Waals surface area (Å²) >= 11 is 11.8. The Labute approximate surface area is 103 Å². The molecule has 84 valence electrons. The van der Waals surface area contributed by atoms with E-state index in [-0.39, 0.29) is 6.61 Å². The van der Waals surface area contributed by atoms with E-state index >= 15 is 0 Å². The third-order valence-electron chi connectivity index (χ3n) is 2.43. The van der Waals surface area contributed by atoms with E-state index in [1.807, 2.05) is 13.0 Å². The molecule has 0 saturated carbocycles. The van der Waals surface area contributed by atoms with Crippen LogP contribution >= 0.6 is 23.2 Å². The normalized spacial score (nSPS) is 10.8. The van der Waals surface area contributed by atoms with Crippen LogP contribution in [0.5, 0.6) is 0 Å². The van der Waals surface area contributed by atoms with Gasteiger partial charge >= 0.3 is 0 Å². The van der Waals surface area contributed by atoms with Gasteiger partial charge in [-0.1, -0.05) is 23.2 Å². The van der Waals surface area contributed by atoms with E-state index in [2.05, 4.69) is 5.10 Å².